The molecule has 1 aliphatic rings. The highest BCUT2D eigenvalue weighted by atomic mass is 16.5. The van der Waals surface area contributed by atoms with E-state index in [0.717, 1.165) is 91.5 Å². The third-order valence-electron chi connectivity index (χ3n) is 6.80. The van der Waals surface area contributed by atoms with Gasteiger partial charge in [-0.05, 0) is 61.4 Å². The van der Waals surface area contributed by atoms with Gasteiger partial charge in [0, 0.05) is 33.4 Å². The van der Waals surface area contributed by atoms with Crippen molar-refractivity contribution >= 4 is 11.2 Å². The van der Waals surface area contributed by atoms with Crippen LogP contribution < -0.4 is 14.4 Å². The summed E-state index contributed by atoms with van der Waals surface area (Å²) in [5, 5.41) is 5.13. The zero-order chi connectivity index (χ0) is 24.8. The normalized spacial score (nSPS) is 14.4. The van der Waals surface area contributed by atoms with Crippen molar-refractivity contribution in [3.8, 4) is 22.8 Å². The molecule has 3 heterocycles. The maximum Gasteiger partial charge on any atom is 0.132 e. The summed E-state index contributed by atoms with van der Waals surface area (Å²) in [6, 6.07) is 10.4. The van der Waals surface area contributed by atoms with Crippen molar-refractivity contribution in [2.75, 3.05) is 52.5 Å². The smallest absolute Gasteiger partial charge is 0.132 e. The van der Waals surface area contributed by atoms with Gasteiger partial charge < -0.3 is 23.8 Å². The minimum absolute atomic E-state index is 0.487. The summed E-state index contributed by atoms with van der Waals surface area (Å²) in [6.45, 7) is 8.69. The monoisotopic (exact) mass is 481 g/mol. The first kappa shape index (κ1) is 25.3. The zero-order valence-electron chi connectivity index (χ0n) is 21.8. The van der Waals surface area contributed by atoms with Crippen LogP contribution in [-0.4, -0.2) is 57.2 Å². The summed E-state index contributed by atoms with van der Waals surface area (Å²) in [7, 11) is 5.07. The Morgan fingerprint density at radius 3 is 2.37 bits per heavy atom. The summed E-state index contributed by atoms with van der Waals surface area (Å²) >= 11 is 0. The Morgan fingerprint density at radius 1 is 1.06 bits per heavy atom. The van der Waals surface area contributed by atoms with E-state index in [2.05, 4.69) is 41.5 Å². The number of aromatic nitrogens is 2. The molecule has 3 aromatic rings. The molecule has 35 heavy (non-hydrogen) atoms. The van der Waals surface area contributed by atoms with E-state index in [9.17, 15) is 0 Å². The van der Waals surface area contributed by atoms with Crippen LogP contribution in [0, 0.1) is 5.92 Å². The number of nitrogens with zero attached hydrogens (tertiary/aromatic N) is 3. The van der Waals surface area contributed by atoms with E-state index in [0.29, 0.717) is 12.5 Å². The summed E-state index contributed by atoms with van der Waals surface area (Å²) in [5.74, 6) is 2.13. The van der Waals surface area contributed by atoms with Gasteiger partial charge in [-0.1, -0.05) is 19.9 Å². The van der Waals surface area contributed by atoms with Crippen LogP contribution in [0.15, 0.2) is 30.3 Å². The summed E-state index contributed by atoms with van der Waals surface area (Å²) < 4.78 is 24.7. The Bertz CT molecular complexity index is 1100. The minimum atomic E-state index is 0.487. The van der Waals surface area contributed by atoms with Crippen molar-refractivity contribution in [1.82, 2.24) is 9.61 Å². The van der Waals surface area contributed by atoms with Crippen LogP contribution in [0.4, 0.5) is 5.69 Å². The molecule has 1 aromatic carbocycles. The molecule has 0 spiro atoms. The van der Waals surface area contributed by atoms with Gasteiger partial charge in [0.1, 0.15) is 11.5 Å². The number of pyridine rings is 1. The van der Waals surface area contributed by atoms with Crippen molar-refractivity contribution in [1.29, 1.82) is 0 Å². The minimum Gasteiger partial charge on any atom is -0.496 e. The molecule has 0 saturated carbocycles. The van der Waals surface area contributed by atoms with Crippen LogP contribution >= 0.6 is 0 Å². The molecular formula is C28H39N3O4. The van der Waals surface area contributed by atoms with Crippen LogP contribution in [0.3, 0.4) is 0 Å². The average Bonchev–Trinajstić information content (AvgIpc) is 3.27. The van der Waals surface area contributed by atoms with Gasteiger partial charge in [0.2, 0.25) is 0 Å². The second-order valence-corrected chi connectivity index (χ2v) is 9.17. The summed E-state index contributed by atoms with van der Waals surface area (Å²) in [5.41, 5.74) is 6.32. The molecule has 1 fully saturated rings. The lowest BCUT2D eigenvalue weighted by atomic mass is 9.99. The predicted octanol–water partition coefficient (Wildman–Crippen LogP) is 5.37. The Morgan fingerprint density at radius 2 is 1.77 bits per heavy atom. The lowest BCUT2D eigenvalue weighted by molar-refractivity contribution is 0.0682. The summed E-state index contributed by atoms with van der Waals surface area (Å²) in [6.07, 6.45) is 4.19. The van der Waals surface area contributed by atoms with Gasteiger partial charge in [-0.25, -0.2) is 4.52 Å². The van der Waals surface area contributed by atoms with Crippen molar-refractivity contribution in [2.24, 2.45) is 5.92 Å². The van der Waals surface area contributed by atoms with Crippen molar-refractivity contribution in [3.63, 3.8) is 0 Å². The highest BCUT2D eigenvalue weighted by Crippen LogP contribution is 2.41. The number of methoxy groups -OCH3 is 3. The van der Waals surface area contributed by atoms with Crippen molar-refractivity contribution in [2.45, 2.75) is 46.1 Å². The van der Waals surface area contributed by atoms with E-state index in [1.54, 1.807) is 21.3 Å². The molecule has 2 aromatic heterocycles. The number of anilines is 1. The molecule has 7 heteroatoms. The molecule has 0 N–H and O–H groups in total. The Hall–Kier alpha value is -2.77. The van der Waals surface area contributed by atoms with Gasteiger partial charge in [0.15, 0.2) is 0 Å². The van der Waals surface area contributed by atoms with E-state index in [4.69, 9.17) is 24.0 Å². The number of aryl methyl sites for hydroxylation is 1. The van der Waals surface area contributed by atoms with Crippen LogP contribution in [-0.2, 0) is 22.5 Å². The van der Waals surface area contributed by atoms with Gasteiger partial charge in [0.05, 0.1) is 49.0 Å². The Kier molecular flexibility index (Phi) is 8.52. The molecule has 1 saturated heterocycles. The predicted molar refractivity (Wildman–Crippen MR) is 140 cm³/mol. The van der Waals surface area contributed by atoms with Crippen LogP contribution in [0.25, 0.3) is 16.8 Å². The topological polar surface area (TPSA) is 57.5 Å². The highest BCUT2D eigenvalue weighted by molar-refractivity contribution is 5.82. The molecular weight excluding hydrogens is 442 g/mol. The van der Waals surface area contributed by atoms with E-state index in [1.165, 1.54) is 5.69 Å². The number of fused-ring (bicyclic) bond motifs is 1. The van der Waals surface area contributed by atoms with Gasteiger partial charge in [-0.2, -0.15) is 5.10 Å². The number of hydrogen-bond acceptors (Lipinski definition) is 6. The molecule has 7 nitrogen and oxygen atoms in total. The second kappa shape index (κ2) is 11.8. The maximum absolute atomic E-state index is 5.83. The fourth-order valence-corrected chi connectivity index (χ4v) is 5.15. The molecule has 0 atom stereocenters. The Labute approximate surface area is 208 Å². The Balaban J connectivity index is 1.86. The first-order valence-corrected chi connectivity index (χ1v) is 12.7. The molecule has 4 rings (SSSR count). The van der Waals surface area contributed by atoms with E-state index in [1.807, 2.05) is 12.1 Å². The molecule has 0 unspecified atom stereocenters. The highest BCUT2D eigenvalue weighted by Gasteiger charge is 2.25. The maximum atomic E-state index is 5.83. The van der Waals surface area contributed by atoms with E-state index < -0.39 is 0 Å². The largest absolute Gasteiger partial charge is 0.496 e. The molecule has 190 valence electrons. The van der Waals surface area contributed by atoms with Gasteiger partial charge in [-0.15, -0.1) is 0 Å². The molecule has 1 aliphatic heterocycles. The zero-order valence-corrected chi connectivity index (χ0v) is 21.8. The third-order valence-corrected chi connectivity index (χ3v) is 6.80. The van der Waals surface area contributed by atoms with E-state index in [-0.39, 0.29) is 0 Å². The first-order valence-electron chi connectivity index (χ1n) is 12.7. The van der Waals surface area contributed by atoms with Gasteiger partial charge in [-0.3, -0.25) is 0 Å². The second-order valence-electron chi connectivity index (χ2n) is 9.17. The molecule has 0 amide bonds. The average molecular weight is 482 g/mol. The third kappa shape index (κ3) is 5.26. The van der Waals surface area contributed by atoms with Gasteiger partial charge in [0.25, 0.3) is 0 Å². The number of rotatable bonds is 11. The lowest BCUT2D eigenvalue weighted by Crippen LogP contribution is -2.33. The van der Waals surface area contributed by atoms with Crippen molar-refractivity contribution in [3.05, 3.63) is 41.6 Å². The number of hydrogen-bond donors (Lipinski definition) is 0. The van der Waals surface area contributed by atoms with E-state index >= 15 is 0 Å². The van der Waals surface area contributed by atoms with Gasteiger partial charge >= 0.3 is 0 Å². The molecule has 0 bridgehead atoms. The van der Waals surface area contributed by atoms with Crippen LogP contribution in [0.2, 0.25) is 0 Å². The SMILES string of the molecule is CCCN(CC1CCOCC1)c1c(CC)nn2c(-c3c(OC)cc(COC)cc3OC)cccc12. The number of benzene rings is 1. The number of ether oxygens (including phenoxy) is 4. The standard InChI is InChI=1S/C28H39N3O4/c1-6-13-30(18-20-11-14-35-15-12-20)28-22(7-2)29-31-23(9-8-10-24(28)31)27-25(33-4)16-21(19-32-3)17-26(27)34-5/h8-10,16-17,20H,6-7,11-15,18-19H2,1-5H3. The quantitative estimate of drug-likeness (QED) is 0.367. The fourth-order valence-electron chi connectivity index (χ4n) is 5.15. The molecule has 0 radical (unpaired) electrons. The first-order chi connectivity index (χ1) is 17.1. The van der Waals surface area contributed by atoms with Crippen LogP contribution in [0.5, 0.6) is 11.5 Å². The molecule has 0 aliphatic carbocycles. The lowest BCUT2D eigenvalue weighted by Gasteiger charge is -2.31. The van der Waals surface area contributed by atoms with Crippen molar-refractivity contribution < 1.29 is 18.9 Å². The summed E-state index contributed by atoms with van der Waals surface area (Å²) in [4.78, 5) is 2.55. The fraction of sp³-hybridized carbons (Fsp3) is 0.536. The van der Waals surface area contributed by atoms with Crippen LogP contribution in [0.1, 0.15) is 44.4 Å².